The molecule has 0 bridgehead atoms. The Morgan fingerprint density at radius 3 is 2.52 bits per heavy atom. The van der Waals surface area contributed by atoms with Gasteiger partial charge < -0.3 is 14.8 Å². The van der Waals surface area contributed by atoms with Crippen molar-refractivity contribution in [1.82, 2.24) is 4.72 Å². The zero-order chi connectivity index (χ0) is 19.4. The predicted octanol–water partition coefficient (Wildman–Crippen LogP) is 1.08. The van der Waals surface area contributed by atoms with E-state index in [1.54, 1.807) is 0 Å². The molecule has 27 heavy (non-hydrogen) atoms. The number of sulfonamides is 1. The lowest BCUT2D eigenvalue weighted by molar-refractivity contribution is -0.139. The normalized spacial score (nSPS) is 15.5. The molecule has 2 aromatic carbocycles. The van der Waals surface area contributed by atoms with Crippen molar-refractivity contribution >= 4 is 27.6 Å². The van der Waals surface area contributed by atoms with Gasteiger partial charge in [-0.25, -0.2) is 8.42 Å². The number of hydrogen-bond donors (Lipinski definition) is 2. The number of carbonyl (C=O) groups is 2. The molecule has 0 aromatic heterocycles. The Hall–Kier alpha value is -2.91. The lowest BCUT2D eigenvalue weighted by Crippen LogP contribution is -2.31. The molecule has 142 valence electrons. The largest absolute Gasteiger partial charge is 0.480 e. The zero-order valence-electron chi connectivity index (χ0n) is 14.5. The molecule has 3 rings (SSSR count). The number of fused-ring (bicyclic) bond motifs is 1. The first kappa shape index (κ1) is 18.9. The molecular formula is C18H18N2O6S. The van der Waals surface area contributed by atoms with Crippen molar-refractivity contribution in [3.63, 3.8) is 0 Å². The minimum absolute atomic E-state index is 0.0334. The van der Waals surface area contributed by atoms with Crippen LogP contribution in [-0.2, 0) is 30.8 Å². The van der Waals surface area contributed by atoms with Crippen molar-refractivity contribution in [1.29, 1.82) is 0 Å². The van der Waals surface area contributed by atoms with Crippen molar-refractivity contribution < 1.29 is 27.5 Å². The predicted molar refractivity (Wildman–Crippen MR) is 96.8 cm³/mol. The Bertz CT molecular complexity index is 931. The van der Waals surface area contributed by atoms with E-state index in [0.29, 0.717) is 17.9 Å². The summed E-state index contributed by atoms with van der Waals surface area (Å²) in [7, 11) is -2.68. The van der Waals surface area contributed by atoms with Gasteiger partial charge in [0.25, 0.3) is 5.91 Å². The van der Waals surface area contributed by atoms with Gasteiger partial charge in [-0.2, -0.15) is 4.72 Å². The lowest BCUT2D eigenvalue weighted by Gasteiger charge is -2.12. The number of benzene rings is 2. The number of anilines is 1. The summed E-state index contributed by atoms with van der Waals surface area (Å²) in [5.41, 5.74) is 1.40. The van der Waals surface area contributed by atoms with E-state index in [1.807, 2.05) is 24.3 Å². The van der Waals surface area contributed by atoms with Gasteiger partial charge in [0.2, 0.25) is 10.0 Å². The molecule has 8 nitrogen and oxygen atoms in total. The number of carbonyl (C=O) groups excluding carboxylic acids is 2. The standard InChI is InChI=1S/C18H18N2O6S/c1-25-17(21)11-19-27(23,24)14-8-6-13(7-9-14)20-18(22)16-10-12-4-2-3-5-15(12)26-16/h2-9,16,19H,10-11H2,1H3,(H,20,22). The molecule has 1 aliphatic heterocycles. The first-order chi connectivity index (χ1) is 12.9. The van der Waals surface area contributed by atoms with Gasteiger partial charge in [-0.3, -0.25) is 9.59 Å². The molecule has 1 aliphatic rings. The molecule has 0 saturated carbocycles. The van der Waals surface area contributed by atoms with Crippen molar-refractivity contribution in [2.75, 3.05) is 19.0 Å². The fourth-order valence-corrected chi connectivity index (χ4v) is 3.55. The van der Waals surface area contributed by atoms with E-state index in [2.05, 4.69) is 14.8 Å². The highest BCUT2D eigenvalue weighted by Crippen LogP contribution is 2.28. The topological polar surface area (TPSA) is 111 Å². The van der Waals surface area contributed by atoms with Crippen molar-refractivity contribution in [3.8, 4) is 5.75 Å². The number of hydrogen-bond acceptors (Lipinski definition) is 6. The Balaban J connectivity index is 1.61. The fourth-order valence-electron chi connectivity index (χ4n) is 2.58. The molecule has 9 heteroatoms. The van der Waals surface area contributed by atoms with Crippen molar-refractivity contribution in [3.05, 3.63) is 54.1 Å². The highest BCUT2D eigenvalue weighted by atomic mass is 32.2. The smallest absolute Gasteiger partial charge is 0.320 e. The van der Waals surface area contributed by atoms with Crippen LogP contribution in [0.1, 0.15) is 5.56 Å². The van der Waals surface area contributed by atoms with Crippen LogP contribution in [0.15, 0.2) is 53.4 Å². The number of ether oxygens (including phenoxy) is 2. The molecule has 1 unspecified atom stereocenters. The van der Waals surface area contributed by atoms with Crippen LogP contribution >= 0.6 is 0 Å². The Morgan fingerprint density at radius 2 is 1.85 bits per heavy atom. The fraction of sp³-hybridized carbons (Fsp3) is 0.222. The summed E-state index contributed by atoms with van der Waals surface area (Å²) in [4.78, 5) is 23.4. The van der Waals surface area contributed by atoms with E-state index in [1.165, 1.54) is 31.4 Å². The minimum Gasteiger partial charge on any atom is -0.480 e. The summed E-state index contributed by atoms with van der Waals surface area (Å²) in [5.74, 6) is -0.318. The first-order valence-corrected chi connectivity index (χ1v) is 9.59. The maximum absolute atomic E-state index is 12.4. The number of methoxy groups -OCH3 is 1. The summed E-state index contributed by atoms with van der Waals surface area (Å²) in [6.45, 7) is -0.461. The number of nitrogens with one attached hydrogen (secondary N) is 2. The SMILES string of the molecule is COC(=O)CNS(=O)(=O)c1ccc(NC(=O)C2Cc3ccccc3O2)cc1. The van der Waals surface area contributed by atoms with Crippen LogP contribution in [0.25, 0.3) is 0 Å². The summed E-state index contributed by atoms with van der Waals surface area (Å²) in [6.07, 6.45) is -0.154. The quantitative estimate of drug-likeness (QED) is 0.714. The summed E-state index contributed by atoms with van der Waals surface area (Å²) < 4.78 is 36.3. The molecule has 1 heterocycles. The van der Waals surface area contributed by atoms with Crippen LogP contribution in [0, 0.1) is 0 Å². The second kappa shape index (κ2) is 7.77. The summed E-state index contributed by atoms with van der Waals surface area (Å²) in [6, 6.07) is 13.0. The van der Waals surface area contributed by atoms with Gasteiger partial charge in [-0.15, -0.1) is 0 Å². The van der Waals surface area contributed by atoms with E-state index in [4.69, 9.17) is 4.74 Å². The summed E-state index contributed by atoms with van der Waals surface area (Å²) >= 11 is 0. The monoisotopic (exact) mass is 390 g/mol. The number of amides is 1. The molecule has 0 radical (unpaired) electrons. The third kappa shape index (κ3) is 4.44. The Kier molecular flexibility index (Phi) is 5.43. The molecule has 1 atom stereocenters. The molecule has 0 spiro atoms. The van der Waals surface area contributed by atoms with E-state index >= 15 is 0 Å². The van der Waals surface area contributed by atoms with Crippen LogP contribution in [0.5, 0.6) is 5.75 Å². The van der Waals surface area contributed by atoms with Crippen LogP contribution < -0.4 is 14.8 Å². The number of rotatable bonds is 6. The van der Waals surface area contributed by atoms with Gasteiger partial charge in [0.05, 0.1) is 12.0 Å². The van der Waals surface area contributed by atoms with E-state index in [-0.39, 0.29) is 10.8 Å². The molecule has 0 saturated heterocycles. The van der Waals surface area contributed by atoms with Crippen LogP contribution in [0.2, 0.25) is 0 Å². The highest BCUT2D eigenvalue weighted by molar-refractivity contribution is 7.89. The lowest BCUT2D eigenvalue weighted by atomic mass is 10.1. The minimum atomic E-state index is -3.85. The van der Waals surface area contributed by atoms with Crippen LogP contribution in [-0.4, -0.2) is 40.1 Å². The average Bonchev–Trinajstić information content (AvgIpc) is 3.11. The molecule has 0 aliphatic carbocycles. The van der Waals surface area contributed by atoms with E-state index in [9.17, 15) is 18.0 Å². The van der Waals surface area contributed by atoms with Gasteiger partial charge in [0, 0.05) is 12.1 Å². The molecule has 2 N–H and O–H groups in total. The van der Waals surface area contributed by atoms with E-state index in [0.717, 1.165) is 5.56 Å². The maximum Gasteiger partial charge on any atom is 0.320 e. The van der Waals surface area contributed by atoms with Gasteiger partial charge in [-0.1, -0.05) is 18.2 Å². The van der Waals surface area contributed by atoms with E-state index < -0.39 is 28.6 Å². The molecule has 2 aromatic rings. The molecule has 0 fully saturated rings. The Morgan fingerprint density at radius 1 is 1.15 bits per heavy atom. The van der Waals surface area contributed by atoms with Crippen molar-refractivity contribution in [2.45, 2.75) is 17.4 Å². The Labute approximate surface area is 156 Å². The van der Waals surface area contributed by atoms with Gasteiger partial charge in [0.15, 0.2) is 6.10 Å². The first-order valence-electron chi connectivity index (χ1n) is 8.11. The highest BCUT2D eigenvalue weighted by Gasteiger charge is 2.28. The third-order valence-corrected chi connectivity index (χ3v) is 5.42. The van der Waals surface area contributed by atoms with Gasteiger partial charge >= 0.3 is 5.97 Å². The van der Waals surface area contributed by atoms with Crippen LogP contribution in [0.3, 0.4) is 0 Å². The van der Waals surface area contributed by atoms with Gasteiger partial charge in [0.1, 0.15) is 12.3 Å². The number of esters is 1. The second-order valence-electron chi connectivity index (χ2n) is 5.83. The average molecular weight is 390 g/mol. The molecular weight excluding hydrogens is 372 g/mol. The van der Waals surface area contributed by atoms with Crippen molar-refractivity contribution in [2.24, 2.45) is 0 Å². The maximum atomic E-state index is 12.4. The number of para-hydroxylation sites is 1. The third-order valence-electron chi connectivity index (χ3n) is 4.01. The van der Waals surface area contributed by atoms with Crippen LogP contribution in [0.4, 0.5) is 5.69 Å². The van der Waals surface area contributed by atoms with Gasteiger partial charge in [-0.05, 0) is 35.9 Å². The second-order valence-corrected chi connectivity index (χ2v) is 7.60. The zero-order valence-corrected chi connectivity index (χ0v) is 15.3. The summed E-state index contributed by atoms with van der Waals surface area (Å²) in [5, 5.41) is 2.70. The molecule has 1 amide bonds.